The van der Waals surface area contributed by atoms with Gasteiger partial charge in [0, 0.05) is 7.11 Å². The monoisotopic (exact) mass is 324 g/mol. The van der Waals surface area contributed by atoms with Crippen LogP contribution in [-0.2, 0) is 10.3 Å². The fraction of sp³-hybridized carbons (Fsp3) is 0.375. The van der Waals surface area contributed by atoms with Crippen molar-refractivity contribution >= 4 is 23.2 Å². The number of hydrogen-bond acceptors (Lipinski definition) is 3. The van der Waals surface area contributed by atoms with Crippen LogP contribution in [0.2, 0.25) is 10.3 Å². The minimum absolute atomic E-state index is 0.340. The molecule has 0 aliphatic carbocycles. The van der Waals surface area contributed by atoms with Crippen molar-refractivity contribution in [1.82, 2.24) is 9.97 Å². The number of hydrogen-bond donors (Lipinski definition) is 0. The molecule has 112 valence electrons. The maximum atomic E-state index is 6.35. The lowest BCUT2D eigenvalue weighted by atomic mass is 10.0. The van der Waals surface area contributed by atoms with E-state index in [0.29, 0.717) is 21.7 Å². The van der Waals surface area contributed by atoms with Crippen molar-refractivity contribution in [2.45, 2.75) is 32.8 Å². The molecule has 1 aromatic heterocycles. The van der Waals surface area contributed by atoms with Crippen LogP contribution in [0.25, 0.3) is 11.1 Å². The molecule has 0 fully saturated rings. The summed E-state index contributed by atoms with van der Waals surface area (Å²) in [5, 5.41) is 0.680. The molecule has 0 aliphatic heterocycles. The number of rotatable bonds is 4. The summed E-state index contributed by atoms with van der Waals surface area (Å²) in [4.78, 5) is 8.80. The first kappa shape index (κ1) is 16.2. The fourth-order valence-electron chi connectivity index (χ4n) is 2.08. The Labute approximate surface area is 135 Å². The largest absolute Gasteiger partial charge is 0.371 e. The Kier molecular flexibility index (Phi) is 4.87. The lowest BCUT2D eigenvalue weighted by molar-refractivity contribution is -0.00894. The second kappa shape index (κ2) is 6.30. The van der Waals surface area contributed by atoms with E-state index in [4.69, 9.17) is 27.9 Å². The third-order valence-electron chi connectivity index (χ3n) is 3.73. The Morgan fingerprint density at radius 2 is 1.81 bits per heavy atom. The summed E-state index contributed by atoms with van der Waals surface area (Å²) in [5.41, 5.74) is 2.09. The van der Waals surface area contributed by atoms with Gasteiger partial charge in [-0.05, 0) is 25.8 Å². The predicted molar refractivity (Wildman–Crippen MR) is 86.9 cm³/mol. The summed E-state index contributed by atoms with van der Waals surface area (Å²) in [5.74, 6) is 0.499. The van der Waals surface area contributed by atoms with Crippen LogP contribution in [-0.4, -0.2) is 17.1 Å². The van der Waals surface area contributed by atoms with Gasteiger partial charge >= 0.3 is 0 Å². The molecule has 1 atom stereocenters. The van der Waals surface area contributed by atoms with Crippen molar-refractivity contribution in [3.05, 3.63) is 46.0 Å². The third kappa shape index (κ3) is 3.20. The van der Waals surface area contributed by atoms with E-state index in [2.05, 4.69) is 9.97 Å². The quantitative estimate of drug-likeness (QED) is 0.740. The van der Waals surface area contributed by atoms with Gasteiger partial charge in [-0.25, -0.2) is 9.97 Å². The van der Waals surface area contributed by atoms with E-state index in [1.165, 1.54) is 0 Å². The second-order valence-corrected chi connectivity index (χ2v) is 5.88. The molecule has 0 bridgehead atoms. The molecule has 0 spiro atoms. The van der Waals surface area contributed by atoms with E-state index in [-0.39, 0.29) is 0 Å². The number of methoxy groups -OCH3 is 1. The van der Waals surface area contributed by atoms with E-state index < -0.39 is 5.60 Å². The summed E-state index contributed by atoms with van der Waals surface area (Å²) in [6.45, 7) is 5.93. The summed E-state index contributed by atoms with van der Waals surface area (Å²) in [6.07, 6.45) is 0.722. The first-order chi connectivity index (χ1) is 9.91. The van der Waals surface area contributed by atoms with Crippen LogP contribution >= 0.6 is 23.2 Å². The SMILES string of the molecule is CCC(C)(OC)c1nc(Cl)c(-c2cccc(C)c2)c(Cl)n1. The molecule has 1 aromatic carbocycles. The van der Waals surface area contributed by atoms with Crippen LogP contribution in [0.1, 0.15) is 31.7 Å². The van der Waals surface area contributed by atoms with E-state index in [1.54, 1.807) is 7.11 Å². The lowest BCUT2D eigenvalue weighted by Gasteiger charge is -2.25. The van der Waals surface area contributed by atoms with Crippen LogP contribution in [0.3, 0.4) is 0 Å². The number of aromatic nitrogens is 2. The van der Waals surface area contributed by atoms with Gasteiger partial charge in [-0.3, -0.25) is 0 Å². The molecule has 0 N–H and O–H groups in total. The number of nitrogens with zero attached hydrogens (tertiary/aromatic N) is 2. The lowest BCUT2D eigenvalue weighted by Crippen LogP contribution is -2.26. The van der Waals surface area contributed by atoms with Gasteiger partial charge in [0.25, 0.3) is 0 Å². The van der Waals surface area contributed by atoms with Crippen molar-refractivity contribution in [2.75, 3.05) is 7.11 Å². The number of halogens is 2. The molecule has 0 saturated carbocycles. The van der Waals surface area contributed by atoms with Gasteiger partial charge in [0.05, 0.1) is 5.56 Å². The van der Waals surface area contributed by atoms with Gasteiger partial charge in [-0.15, -0.1) is 0 Å². The molecule has 0 radical (unpaired) electrons. The van der Waals surface area contributed by atoms with Crippen molar-refractivity contribution in [1.29, 1.82) is 0 Å². The van der Waals surface area contributed by atoms with Crippen molar-refractivity contribution < 1.29 is 4.74 Å². The zero-order valence-corrected chi connectivity index (χ0v) is 14.1. The van der Waals surface area contributed by atoms with Crippen molar-refractivity contribution in [2.24, 2.45) is 0 Å². The van der Waals surface area contributed by atoms with Gasteiger partial charge < -0.3 is 4.74 Å². The first-order valence-electron chi connectivity index (χ1n) is 6.77. The maximum absolute atomic E-state index is 6.35. The maximum Gasteiger partial charge on any atom is 0.163 e. The normalized spacial score (nSPS) is 14.0. The minimum Gasteiger partial charge on any atom is -0.371 e. The number of ether oxygens (including phenoxy) is 1. The predicted octanol–water partition coefficient (Wildman–Crippen LogP) is 5.03. The van der Waals surface area contributed by atoms with Crippen LogP contribution in [0.15, 0.2) is 24.3 Å². The van der Waals surface area contributed by atoms with Crippen LogP contribution in [0.4, 0.5) is 0 Å². The van der Waals surface area contributed by atoms with E-state index in [9.17, 15) is 0 Å². The summed E-state index contributed by atoms with van der Waals surface area (Å²) in [6, 6.07) is 7.92. The smallest absolute Gasteiger partial charge is 0.163 e. The number of benzene rings is 1. The Morgan fingerprint density at radius 1 is 1.19 bits per heavy atom. The average Bonchev–Trinajstić information content (AvgIpc) is 2.45. The average molecular weight is 325 g/mol. The molecule has 0 saturated heterocycles. The molecule has 0 aliphatic rings. The first-order valence-corrected chi connectivity index (χ1v) is 7.52. The summed E-state index contributed by atoms with van der Waals surface area (Å²) >= 11 is 12.7. The van der Waals surface area contributed by atoms with Gasteiger partial charge in [-0.2, -0.15) is 0 Å². The molecule has 3 nitrogen and oxygen atoms in total. The second-order valence-electron chi connectivity index (χ2n) is 5.16. The Balaban J connectivity index is 2.57. The van der Waals surface area contributed by atoms with Gasteiger partial charge in [0.15, 0.2) is 5.82 Å². The molecule has 5 heteroatoms. The van der Waals surface area contributed by atoms with Gasteiger partial charge in [-0.1, -0.05) is 60.0 Å². The van der Waals surface area contributed by atoms with E-state index in [1.807, 2.05) is 45.0 Å². The van der Waals surface area contributed by atoms with E-state index >= 15 is 0 Å². The summed E-state index contributed by atoms with van der Waals surface area (Å²) in [7, 11) is 1.63. The van der Waals surface area contributed by atoms with Crippen molar-refractivity contribution in [3.63, 3.8) is 0 Å². The van der Waals surface area contributed by atoms with Crippen LogP contribution in [0, 0.1) is 6.92 Å². The minimum atomic E-state index is -0.599. The Morgan fingerprint density at radius 3 is 2.29 bits per heavy atom. The molecule has 2 aromatic rings. The standard InChI is InChI=1S/C16H18Cl2N2O/c1-5-16(3,21-4)15-19-13(17)12(14(18)20-15)11-8-6-7-10(2)9-11/h6-9H,5H2,1-4H3. The Hall–Kier alpha value is -1.16. The summed E-state index contributed by atoms with van der Waals surface area (Å²) < 4.78 is 5.51. The fourth-order valence-corrected chi connectivity index (χ4v) is 2.68. The zero-order valence-electron chi connectivity index (χ0n) is 12.6. The molecular weight excluding hydrogens is 307 g/mol. The molecular formula is C16H18Cl2N2O. The van der Waals surface area contributed by atoms with Crippen LogP contribution in [0.5, 0.6) is 0 Å². The number of aryl methyl sites for hydroxylation is 1. The van der Waals surface area contributed by atoms with Gasteiger partial charge in [0.2, 0.25) is 0 Å². The Bertz CT molecular complexity index is 631. The highest BCUT2D eigenvalue weighted by molar-refractivity contribution is 6.37. The van der Waals surface area contributed by atoms with Crippen LogP contribution < -0.4 is 0 Å². The topological polar surface area (TPSA) is 35.0 Å². The molecule has 2 rings (SSSR count). The molecule has 21 heavy (non-hydrogen) atoms. The van der Waals surface area contributed by atoms with E-state index in [0.717, 1.165) is 17.5 Å². The molecule has 1 unspecified atom stereocenters. The van der Waals surface area contributed by atoms with Crippen molar-refractivity contribution in [3.8, 4) is 11.1 Å². The van der Waals surface area contributed by atoms with Gasteiger partial charge in [0.1, 0.15) is 15.9 Å². The molecule has 0 amide bonds. The highest BCUT2D eigenvalue weighted by Crippen LogP contribution is 2.35. The molecule has 1 heterocycles. The third-order valence-corrected chi connectivity index (χ3v) is 4.27. The highest BCUT2D eigenvalue weighted by Gasteiger charge is 2.29. The zero-order chi connectivity index (χ0) is 15.6. The highest BCUT2D eigenvalue weighted by atomic mass is 35.5.